The molecule has 2 heterocycles. The highest BCUT2D eigenvalue weighted by molar-refractivity contribution is 6.30. The molecule has 5 nitrogen and oxygen atoms in total. The summed E-state index contributed by atoms with van der Waals surface area (Å²) >= 11 is 5.91. The van der Waals surface area contributed by atoms with Crippen LogP contribution in [0.2, 0.25) is 5.02 Å². The molecular weight excluding hydrogens is 381 g/mol. The van der Waals surface area contributed by atoms with E-state index in [1.54, 1.807) is 53.1 Å². The quantitative estimate of drug-likeness (QED) is 0.540. The van der Waals surface area contributed by atoms with Crippen LogP contribution in [-0.4, -0.2) is 14.9 Å². The Bertz CT molecular complexity index is 1250. The smallest absolute Gasteiger partial charge is 0.275 e. The Labute approximate surface area is 165 Å². The zero-order valence-electron chi connectivity index (χ0n) is 14.9. The molecule has 0 spiro atoms. The van der Waals surface area contributed by atoms with Crippen LogP contribution in [0, 0.1) is 5.82 Å². The summed E-state index contributed by atoms with van der Waals surface area (Å²) < 4.78 is 17.1. The van der Waals surface area contributed by atoms with Crippen molar-refractivity contribution in [3.8, 4) is 0 Å². The molecular formula is C21H17ClFN3O2. The van der Waals surface area contributed by atoms with Crippen molar-refractivity contribution in [3.05, 3.63) is 82.0 Å². The van der Waals surface area contributed by atoms with Gasteiger partial charge in [-0.1, -0.05) is 17.7 Å². The van der Waals surface area contributed by atoms with Crippen LogP contribution in [0.1, 0.15) is 12.8 Å². The van der Waals surface area contributed by atoms with Crippen LogP contribution in [0.5, 0.6) is 0 Å². The number of amides is 1. The first-order valence-corrected chi connectivity index (χ1v) is 9.25. The van der Waals surface area contributed by atoms with Gasteiger partial charge in [0.15, 0.2) is 0 Å². The molecule has 0 aliphatic heterocycles. The number of rotatable bonds is 5. The highest BCUT2D eigenvalue weighted by Crippen LogP contribution is 2.18. The number of carbonyl (C=O) groups is 1. The van der Waals surface area contributed by atoms with Gasteiger partial charge in [-0.25, -0.2) is 4.39 Å². The van der Waals surface area contributed by atoms with Gasteiger partial charge in [0.2, 0.25) is 5.91 Å². The summed E-state index contributed by atoms with van der Waals surface area (Å²) in [5.41, 5.74) is 2.17. The van der Waals surface area contributed by atoms with E-state index in [0.717, 1.165) is 5.52 Å². The van der Waals surface area contributed by atoms with E-state index >= 15 is 0 Å². The minimum atomic E-state index is -0.411. The highest BCUT2D eigenvalue weighted by atomic mass is 35.5. The van der Waals surface area contributed by atoms with Crippen LogP contribution in [-0.2, 0) is 11.3 Å². The Morgan fingerprint density at radius 1 is 1.04 bits per heavy atom. The third-order valence-electron chi connectivity index (χ3n) is 4.59. The predicted molar refractivity (Wildman–Crippen MR) is 108 cm³/mol. The third kappa shape index (κ3) is 3.51. The van der Waals surface area contributed by atoms with Gasteiger partial charge in [-0.15, -0.1) is 0 Å². The van der Waals surface area contributed by atoms with Crippen LogP contribution in [0.15, 0.2) is 65.6 Å². The van der Waals surface area contributed by atoms with Gasteiger partial charge in [0.25, 0.3) is 5.56 Å². The molecule has 1 amide bonds. The molecule has 0 aliphatic rings. The second kappa shape index (κ2) is 7.48. The maximum absolute atomic E-state index is 13.8. The first-order valence-electron chi connectivity index (χ1n) is 8.87. The topological polar surface area (TPSA) is 55.5 Å². The molecule has 0 saturated carbocycles. The zero-order valence-corrected chi connectivity index (χ0v) is 15.6. The van der Waals surface area contributed by atoms with E-state index in [0.29, 0.717) is 34.7 Å². The van der Waals surface area contributed by atoms with E-state index in [2.05, 4.69) is 5.32 Å². The van der Waals surface area contributed by atoms with Gasteiger partial charge in [0, 0.05) is 29.9 Å². The molecule has 4 rings (SSSR count). The fourth-order valence-electron chi connectivity index (χ4n) is 3.34. The van der Waals surface area contributed by atoms with Gasteiger partial charge in [0.05, 0.1) is 11.0 Å². The van der Waals surface area contributed by atoms with E-state index in [4.69, 9.17) is 11.6 Å². The largest absolute Gasteiger partial charge is 0.326 e. The number of benzene rings is 2. The van der Waals surface area contributed by atoms with Crippen molar-refractivity contribution in [2.75, 3.05) is 5.32 Å². The number of nitrogens with one attached hydrogen (secondary N) is 1. The van der Waals surface area contributed by atoms with Crippen molar-refractivity contribution in [1.82, 2.24) is 8.97 Å². The molecule has 0 radical (unpaired) electrons. The van der Waals surface area contributed by atoms with Gasteiger partial charge >= 0.3 is 0 Å². The lowest BCUT2D eigenvalue weighted by Crippen LogP contribution is -2.23. The number of nitrogens with zero attached hydrogens (tertiary/aromatic N) is 2. The number of hydrogen-bond acceptors (Lipinski definition) is 2. The Morgan fingerprint density at radius 2 is 1.89 bits per heavy atom. The molecule has 142 valence electrons. The standard InChI is InChI=1S/C21H17ClFN3O2/c22-14-4-1-5-16(12-14)24-20(27)7-3-11-26-19-13-15(23)8-9-17(19)25-10-2-6-18(25)21(26)28/h1-2,4-6,8-10,12-13H,3,7,11H2,(H,24,27). The van der Waals surface area contributed by atoms with Crippen molar-refractivity contribution in [2.24, 2.45) is 0 Å². The lowest BCUT2D eigenvalue weighted by Gasteiger charge is -2.13. The molecule has 28 heavy (non-hydrogen) atoms. The van der Waals surface area contributed by atoms with E-state index in [1.165, 1.54) is 16.7 Å². The number of fused-ring (bicyclic) bond motifs is 3. The van der Waals surface area contributed by atoms with E-state index < -0.39 is 5.82 Å². The number of hydrogen-bond donors (Lipinski definition) is 1. The number of carbonyl (C=O) groups excluding carboxylic acids is 1. The summed E-state index contributed by atoms with van der Waals surface area (Å²) in [6, 6.07) is 14.8. The van der Waals surface area contributed by atoms with Gasteiger partial charge in [-0.05, 0) is 55.0 Å². The van der Waals surface area contributed by atoms with Gasteiger partial charge in [0.1, 0.15) is 11.3 Å². The zero-order chi connectivity index (χ0) is 19.7. The van der Waals surface area contributed by atoms with Crippen LogP contribution >= 0.6 is 11.6 Å². The molecule has 2 aromatic carbocycles. The fraction of sp³-hybridized carbons (Fsp3) is 0.143. The Kier molecular flexibility index (Phi) is 4.88. The van der Waals surface area contributed by atoms with E-state index in [-0.39, 0.29) is 17.9 Å². The Morgan fingerprint density at radius 3 is 2.71 bits per heavy atom. The second-order valence-corrected chi connectivity index (χ2v) is 6.95. The molecule has 0 atom stereocenters. The average molecular weight is 398 g/mol. The van der Waals surface area contributed by atoms with Crippen LogP contribution in [0.4, 0.5) is 10.1 Å². The lowest BCUT2D eigenvalue weighted by molar-refractivity contribution is -0.116. The first kappa shape index (κ1) is 18.3. The van der Waals surface area contributed by atoms with Crippen LogP contribution < -0.4 is 10.9 Å². The van der Waals surface area contributed by atoms with E-state index in [1.807, 2.05) is 0 Å². The average Bonchev–Trinajstić information content (AvgIpc) is 3.14. The molecule has 0 aliphatic carbocycles. The number of aryl methyl sites for hydroxylation is 1. The maximum atomic E-state index is 13.8. The maximum Gasteiger partial charge on any atom is 0.275 e. The normalized spacial score (nSPS) is 11.2. The minimum Gasteiger partial charge on any atom is -0.326 e. The Hall–Kier alpha value is -3.12. The molecule has 7 heteroatoms. The summed E-state index contributed by atoms with van der Waals surface area (Å²) in [6.07, 6.45) is 2.44. The van der Waals surface area contributed by atoms with Crippen molar-refractivity contribution in [1.29, 1.82) is 0 Å². The Balaban J connectivity index is 1.55. The molecule has 0 bridgehead atoms. The van der Waals surface area contributed by atoms with Crippen molar-refractivity contribution in [3.63, 3.8) is 0 Å². The van der Waals surface area contributed by atoms with Crippen molar-refractivity contribution in [2.45, 2.75) is 19.4 Å². The molecule has 2 aromatic heterocycles. The van der Waals surface area contributed by atoms with Crippen molar-refractivity contribution < 1.29 is 9.18 Å². The monoisotopic (exact) mass is 397 g/mol. The summed E-state index contributed by atoms with van der Waals surface area (Å²) in [4.78, 5) is 25.0. The molecule has 0 saturated heterocycles. The van der Waals surface area contributed by atoms with Crippen LogP contribution in [0.25, 0.3) is 16.6 Å². The minimum absolute atomic E-state index is 0.172. The first-order chi connectivity index (χ1) is 13.5. The second-order valence-electron chi connectivity index (χ2n) is 6.52. The van der Waals surface area contributed by atoms with Gasteiger partial charge in [-0.3, -0.25) is 9.59 Å². The predicted octanol–water partition coefficient (Wildman–Crippen LogP) is 4.47. The van der Waals surface area contributed by atoms with Gasteiger partial charge in [-0.2, -0.15) is 0 Å². The summed E-state index contributed by atoms with van der Waals surface area (Å²) in [5, 5.41) is 3.32. The summed E-state index contributed by atoms with van der Waals surface area (Å²) in [7, 11) is 0. The molecule has 1 N–H and O–H groups in total. The fourth-order valence-corrected chi connectivity index (χ4v) is 3.53. The third-order valence-corrected chi connectivity index (χ3v) is 4.83. The highest BCUT2D eigenvalue weighted by Gasteiger charge is 2.12. The number of anilines is 1. The lowest BCUT2D eigenvalue weighted by atomic mass is 10.2. The number of aromatic nitrogens is 2. The van der Waals surface area contributed by atoms with E-state index in [9.17, 15) is 14.0 Å². The number of halogens is 2. The summed E-state index contributed by atoms with van der Waals surface area (Å²) in [6.45, 7) is 0.309. The molecule has 0 fully saturated rings. The SMILES string of the molecule is O=C(CCCn1c(=O)c2cccn2c2ccc(F)cc21)Nc1cccc(Cl)c1. The molecule has 4 aromatic rings. The van der Waals surface area contributed by atoms with Crippen molar-refractivity contribution >= 4 is 39.7 Å². The van der Waals surface area contributed by atoms with Crippen LogP contribution in [0.3, 0.4) is 0 Å². The summed E-state index contributed by atoms with van der Waals surface area (Å²) in [5.74, 6) is -0.583. The molecule has 0 unspecified atom stereocenters. The van der Waals surface area contributed by atoms with Gasteiger partial charge < -0.3 is 14.3 Å².